The molecular formula is C18H16FN3O. The van der Waals surface area contributed by atoms with Crippen LogP contribution in [0.4, 0.5) is 4.39 Å². The van der Waals surface area contributed by atoms with E-state index < -0.39 is 0 Å². The van der Waals surface area contributed by atoms with Gasteiger partial charge in [-0.05, 0) is 25.1 Å². The van der Waals surface area contributed by atoms with E-state index in [4.69, 9.17) is 0 Å². The number of nitrogens with one attached hydrogen (secondary N) is 1. The van der Waals surface area contributed by atoms with Gasteiger partial charge in [-0.15, -0.1) is 0 Å². The summed E-state index contributed by atoms with van der Waals surface area (Å²) in [5.74, 6) is -0.550. The lowest BCUT2D eigenvalue weighted by molar-refractivity contribution is 0.0956. The minimum atomic E-state index is -0.350. The molecule has 0 aliphatic heterocycles. The van der Waals surface area contributed by atoms with Crippen LogP contribution in [0, 0.1) is 5.82 Å². The highest BCUT2D eigenvalue weighted by atomic mass is 19.1. The number of amides is 1. The molecule has 2 aromatic carbocycles. The molecule has 1 heterocycles. The molecule has 1 amide bonds. The van der Waals surface area contributed by atoms with Gasteiger partial charge in [0.05, 0.1) is 23.1 Å². The average molecular weight is 309 g/mol. The van der Waals surface area contributed by atoms with E-state index in [0.29, 0.717) is 23.5 Å². The van der Waals surface area contributed by atoms with Gasteiger partial charge in [0, 0.05) is 12.1 Å². The maximum Gasteiger partial charge on any atom is 0.255 e. The van der Waals surface area contributed by atoms with Crippen LogP contribution in [0.3, 0.4) is 0 Å². The number of carbonyl (C=O) groups is 1. The highest BCUT2D eigenvalue weighted by Gasteiger charge is 2.19. The fraction of sp³-hybridized carbons (Fsp3) is 0.111. The SMILES string of the molecule is CCNC(=O)c1cnn(-c2cccc(F)c2)c1-c1ccccc1. The predicted octanol–water partition coefficient (Wildman–Crippen LogP) is 3.43. The molecular weight excluding hydrogens is 293 g/mol. The van der Waals surface area contributed by atoms with Crippen LogP contribution in [-0.4, -0.2) is 22.2 Å². The largest absolute Gasteiger partial charge is 0.352 e. The monoisotopic (exact) mass is 309 g/mol. The van der Waals surface area contributed by atoms with Crippen molar-refractivity contribution in [3.05, 3.63) is 72.2 Å². The highest BCUT2D eigenvalue weighted by Crippen LogP contribution is 2.26. The van der Waals surface area contributed by atoms with Crippen LogP contribution in [-0.2, 0) is 0 Å². The normalized spacial score (nSPS) is 10.5. The van der Waals surface area contributed by atoms with Gasteiger partial charge in [-0.1, -0.05) is 36.4 Å². The Bertz CT molecular complexity index is 827. The van der Waals surface area contributed by atoms with E-state index in [1.54, 1.807) is 16.8 Å². The second kappa shape index (κ2) is 6.44. The summed E-state index contributed by atoms with van der Waals surface area (Å²) in [7, 11) is 0. The fourth-order valence-electron chi connectivity index (χ4n) is 2.45. The second-order valence-corrected chi connectivity index (χ2v) is 5.02. The molecule has 0 fully saturated rings. The molecule has 0 spiro atoms. The molecule has 0 unspecified atom stereocenters. The molecule has 23 heavy (non-hydrogen) atoms. The van der Waals surface area contributed by atoms with Crippen LogP contribution in [0.1, 0.15) is 17.3 Å². The number of nitrogens with zero attached hydrogens (tertiary/aromatic N) is 2. The van der Waals surface area contributed by atoms with Gasteiger partial charge in [0.2, 0.25) is 0 Å². The molecule has 0 saturated carbocycles. The lowest BCUT2D eigenvalue weighted by Crippen LogP contribution is -2.23. The average Bonchev–Trinajstić information content (AvgIpc) is 3.01. The van der Waals surface area contributed by atoms with E-state index in [-0.39, 0.29) is 11.7 Å². The van der Waals surface area contributed by atoms with Crippen LogP contribution in [0.25, 0.3) is 16.9 Å². The third-order valence-electron chi connectivity index (χ3n) is 3.45. The van der Waals surface area contributed by atoms with Crippen LogP contribution in [0.15, 0.2) is 60.8 Å². The van der Waals surface area contributed by atoms with Crippen molar-refractivity contribution in [3.8, 4) is 16.9 Å². The minimum Gasteiger partial charge on any atom is -0.352 e. The van der Waals surface area contributed by atoms with Crippen LogP contribution in [0.5, 0.6) is 0 Å². The molecule has 1 aromatic heterocycles. The Morgan fingerprint density at radius 2 is 1.96 bits per heavy atom. The van der Waals surface area contributed by atoms with Crippen LogP contribution in [0.2, 0.25) is 0 Å². The smallest absolute Gasteiger partial charge is 0.255 e. The fourth-order valence-corrected chi connectivity index (χ4v) is 2.45. The molecule has 3 rings (SSSR count). The van der Waals surface area contributed by atoms with Gasteiger partial charge >= 0.3 is 0 Å². The summed E-state index contributed by atoms with van der Waals surface area (Å²) in [4.78, 5) is 12.3. The molecule has 116 valence electrons. The topological polar surface area (TPSA) is 46.9 Å². The van der Waals surface area contributed by atoms with Gasteiger partial charge in [-0.3, -0.25) is 4.79 Å². The van der Waals surface area contributed by atoms with Crippen molar-refractivity contribution in [2.75, 3.05) is 6.54 Å². The molecule has 0 atom stereocenters. The standard InChI is InChI=1S/C18H16FN3O/c1-2-20-18(23)16-12-21-22(15-10-6-9-14(19)11-15)17(16)13-7-4-3-5-8-13/h3-12H,2H2,1H3,(H,20,23). The number of aromatic nitrogens is 2. The first-order valence-corrected chi connectivity index (χ1v) is 7.38. The maximum absolute atomic E-state index is 13.6. The number of rotatable bonds is 4. The van der Waals surface area contributed by atoms with Crippen LogP contribution < -0.4 is 5.32 Å². The predicted molar refractivity (Wildman–Crippen MR) is 87.0 cm³/mol. The van der Waals surface area contributed by atoms with Crippen molar-refractivity contribution in [3.63, 3.8) is 0 Å². The summed E-state index contributed by atoms with van der Waals surface area (Å²) < 4.78 is 15.1. The van der Waals surface area contributed by atoms with E-state index in [1.165, 1.54) is 18.3 Å². The van der Waals surface area contributed by atoms with Gasteiger partial charge in [0.15, 0.2) is 0 Å². The first-order valence-electron chi connectivity index (χ1n) is 7.38. The third kappa shape index (κ3) is 2.99. The summed E-state index contributed by atoms with van der Waals surface area (Å²) in [5.41, 5.74) is 2.51. The highest BCUT2D eigenvalue weighted by molar-refractivity contribution is 6.00. The Morgan fingerprint density at radius 3 is 2.65 bits per heavy atom. The van der Waals surface area contributed by atoms with E-state index in [9.17, 15) is 9.18 Å². The van der Waals surface area contributed by atoms with E-state index >= 15 is 0 Å². The summed E-state index contributed by atoms with van der Waals surface area (Å²) in [6.07, 6.45) is 1.51. The second-order valence-electron chi connectivity index (χ2n) is 5.02. The van der Waals surface area contributed by atoms with Crippen molar-refractivity contribution >= 4 is 5.91 Å². The zero-order valence-corrected chi connectivity index (χ0v) is 12.7. The van der Waals surface area contributed by atoms with Crippen molar-refractivity contribution in [2.24, 2.45) is 0 Å². The summed E-state index contributed by atoms with van der Waals surface area (Å²) >= 11 is 0. The number of hydrogen-bond acceptors (Lipinski definition) is 2. The summed E-state index contributed by atoms with van der Waals surface area (Å²) in [6.45, 7) is 2.38. The Morgan fingerprint density at radius 1 is 1.17 bits per heavy atom. The summed E-state index contributed by atoms with van der Waals surface area (Å²) in [5, 5.41) is 7.08. The molecule has 0 aliphatic rings. The number of halogens is 1. The Kier molecular flexibility index (Phi) is 4.19. The third-order valence-corrected chi connectivity index (χ3v) is 3.45. The van der Waals surface area contributed by atoms with Gasteiger partial charge in [0.25, 0.3) is 5.91 Å². The van der Waals surface area contributed by atoms with E-state index in [0.717, 1.165) is 5.56 Å². The van der Waals surface area contributed by atoms with Crippen molar-refractivity contribution in [2.45, 2.75) is 6.92 Å². The van der Waals surface area contributed by atoms with Gasteiger partial charge in [-0.25, -0.2) is 9.07 Å². The zero-order valence-electron chi connectivity index (χ0n) is 12.7. The molecule has 0 radical (unpaired) electrons. The quantitative estimate of drug-likeness (QED) is 0.802. The van der Waals surface area contributed by atoms with Crippen molar-refractivity contribution in [1.29, 1.82) is 0 Å². The van der Waals surface area contributed by atoms with E-state index in [2.05, 4.69) is 10.4 Å². The minimum absolute atomic E-state index is 0.200. The molecule has 1 N–H and O–H groups in total. The van der Waals surface area contributed by atoms with Crippen molar-refractivity contribution in [1.82, 2.24) is 15.1 Å². The maximum atomic E-state index is 13.6. The first kappa shape index (κ1) is 15.0. The molecule has 0 aliphatic carbocycles. The zero-order chi connectivity index (χ0) is 16.2. The van der Waals surface area contributed by atoms with Gasteiger partial charge in [0.1, 0.15) is 5.82 Å². The summed E-state index contributed by atoms with van der Waals surface area (Å²) in [6, 6.07) is 15.6. The lowest BCUT2D eigenvalue weighted by Gasteiger charge is -2.10. The van der Waals surface area contributed by atoms with Crippen molar-refractivity contribution < 1.29 is 9.18 Å². The Hall–Kier alpha value is -2.95. The van der Waals surface area contributed by atoms with Gasteiger partial charge in [-0.2, -0.15) is 5.10 Å². The van der Waals surface area contributed by atoms with Gasteiger partial charge < -0.3 is 5.32 Å². The Labute approximate surface area is 133 Å². The Balaban J connectivity index is 2.19. The van der Waals surface area contributed by atoms with E-state index in [1.807, 2.05) is 37.3 Å². The molecule has 3 aromatic rings. The molecule has 5 heteroatoms. The van der Waals surface area contributed by atoms with Crippen LogP contribution >= 0.6 is 0 Å². The number of carbonyl (C=O) groups excluding carboxylic acids is 1. The molecule has 0 bridgehead atoms. The first-order chi connectivity index (χ1) is 11.2. The lowest BCUT2D eigenvalue weighted by atomic mass is 10.1. The number of benzene rings is 2. The molecule has 0 saturated heterocycles. The molecule has 4 nitrogen and oxygen atoms in total. The number of hydrogen-bond donors (Lipinski definition) is 1.